The Hall–Kier alpha value is -1.33. The first-order valence-electron chi connectivity index (χ1n) is 5.61. The maximum Gasteiger partial charge on any atom is 0.110 e. The van der Waals surface area contributed by atoms with Crippen molar-refractivity contribution in [3.63, 3.8) is 0 Å². The van der Waals surface area contributed by atoms with E-state index < -0.39 is 0 Å². The summed E-state index contributed by atoms with van der Waals surface area (Å²) in [5, 5.41) is 6.65. The number of nitrogens with one attached hydrogen (secondary N) is 1. The van der Waals surface area contributed by atoms with Crippen LogP contribution in [0.2, 0.25) is 0 Å². The smallest absolute Gasteiger partial charge is 0.110 e. The summed E-state index contributed by atoms with van der Waals surface area (Å²) in [6.07, 6.45) is 5.19. The normalized spacial score (nSPS) is 14.5. The lowest BCUT2D eigenvalue weighted by Crippen LogP contribution is -2.23. The van der Waals surface area contributed by atoms with Gasteiger partial charge in [-0.25, -0.2) is 4.98 Å². The molecule has 90 valence electrons. The van der Waals surface area contributed by atoms with Crippen LogP contribution in [0, 0.1) is 6.92 Å². The van der Waals surface area contributed by atoms with Crippen molar-refractivity contribution in [3.8, 4) is 0 Å². The molecule has 0 spiro atoms. The third-order valence-electron chi connectivity index (χ3n) is 2.53. The van der Waals surface area contributed by atoms with E-state index in [0.717, 1.165) is 16.4 Å². The fourth-order valence-electron chi connectivity index (χ4n) is 1.64. The van der Waals surface area contributed by atoms with Gasteiger partial charge in [-0.1, -0.05) is 0 Å². The molecule has 2 heterocycles. The van der Waals surface area contributed by atoms with Gasteiger partial charge in [-0.2, -0.15) is 0 Å². The first kappa shape index (κ1) is 12.1. The van der Waals surface area contributed by atoms with Crippen molar-refractivity contribution in [1.29, 1.82) is 0 Å². The lowest BCUT2D eigenvalue weighted by atomic mass is 10.2. The van der Waals surface area contributed by atoms with Crippen LogP contribution in [0.25, 0.3) is 0 Å². The van der Waals surface area contributed by atoms with E-state index in [4.69, 9.17) is 0 Å². The molecule has 0 bridgehead atoms. The summed E-state index contributed by atoms with van der Waals surface area (Å²) < 4.78 is 0. The average Bonchev–Trinajstić information content (AvgIpc) is 2.77. The molecule has 0 fully saturated rings. The Labute approximate surface area is 105 Å². The van der Waals surface area contributed by atoms with Crippen molar-refractivity contribution in [2.75, 3.05) is 0 Å². The predicted octanol–water partition coefficient (Wildman–Crippen LogP) is 2.65. The zero-order valence-corrected chi connectivity index (χ0v) is 11.0. The molecule has 0 aromatic carbocycles. The molecular weight excluding hydrogens is 232 g/mol. The fourth-order valence-corrected chi connectivity index (χ4v) is 2.45. The van der Waals surface area contributed by atoms with Crippen molar-refractivity contribution in [3.05, 3.63) is 40.4 Å². The van der Waals surface area contributed by atoms with E-state index >= 15 is 0 Å². The highest BCUT2D eigenvalue weighted by Gasteiger charge is 2.14. The summed E-state index contributed by atoms with van der Waals surface area (Å²) in [6, 6.07) is 0.397. The molecule has 2 aromatic heterocycles. The van der Waals surface area contributed by atoms with E-state index in [2.05, 4.69) is 39.5 Å². The number of thiazole rings is 1. The van der Waals surface area contributed by atoms with Gasteiger partial charge in [0.05, 0.1) is 11.7 Å². The van der Waals surface area contributed by atoms with Gasteiger partial charge in [0.25, 0.3) is 0 Å². The van der Waals surface area contributed by atoms with Crippen LogP contribution in [-0.2, 0) is 0 Å². The van der Waals surface area contributed by atoms with Crippen LogP contribution in [0.1, 0.15) is 42.3 Å². The van der Waals surface area contributed by atoms with Gasteiger partial charge in [-0.3, -0.25) is 15.3 Å². The van der Waals surface area contributed by atoms with Crippen molar-refractivity contribution < 1.29 is 0 Å². The van der Waals surface area contributed by atoms with Gasteiger partial charge in [0.1, 0.15) is 5.01 Å². The number of nitrogens with zero attached hydrogens (tertiary/aromatic N) is 3. The summed E-state index contributed by atoms with van der Waals surface area (Å²) in [7, 11) is 0. The molecule has 1 N–H and O–H groups in total. The van der Waals surface area contributed by atoms with Crippen LogP contribution >= 0.6 is 11.3 Å². The molecule has 17 heavy (non-hydrogen) atoms. The second kappa shape index (κ2) is 5.33. The Balaban J connectivity index is 2.02. The van der Waals surface area contributed by atoms with E-state index in [1.807, 2.05) is 6.92 Å². The van der Waals surface area contributed by atoms with Gasteiger partial charge >= 0.3 is 0 Å². The quantitative estimate of drug-likeness (QED) is 0.903. The van der Waals surface area contributed by atoms with Crippen LogP contribution in [-0.4, -0.2) is 15.0 Å². The first-order valence-corrected chi connectivity index (χ1v) is 6.48. The lowest BCUT2D eigenvalue weighted by Gasteiger charge is -2.17. The van der Waals surface area contributed by atoms with Crippen LogP contribution < -0.4 is 5.32 Å². The Morgan fingerprint density at radius 3 is 2.65 bits per heavy atom. The van der Waals surface area contributed by atoms with Crippen LogP contribution in [0.3, 0.4) is 0 Å². The molecule has 5 heteroatoms. The topological polar surface area (TPSA) is 50.7 Å². The lowest BCUT2D eigenvalue weighted by molar-refractivity contribution is 0.483. The van der Waals surface area contributed by atoms with E-state index in [1.54, 1.807) is 29.9 Å². The van der Waals surface area contributed by atoms with Crippen molar-refractivity contribution in [2.24, 2.45) is 0 Å². The zero-order chi connectivity index (χ0) is 12.3. The number of hydrogen-bond acceptors (Lipinski definition) is 5. The minimum absolute atomic E-state index is 0.169. The highest BCUT2D eigenvalue weighted by atomic mass is 32.1. The van der Waals surface area contributed by atoms with Gasteiger partial charge in [0.15, 0.2) is 0 Å². The predicted molar refractivity (Wildman–Crippen MR) is 68.8 cm³/mol. The molecule has 2 unspecified atom stereocenters. The Kier molecular flexibility index (Phi) is 3.81. The highest BCUT2D eigenvalue weighted by Crippen LogP contribution is 2.20. The van der Waals surface area contributed by atoms with E-state index in [1.165, 1.54) is 0 Å². The van der Waals surface area contributed by atoms with Crippen LogP contribution in [0.5, 0.6) is 0 Å². The van der Waals surface area contributed by atoms with E-state index in [9.17, 15) is 0 Å². The second-order valence-corrected chi connectivity index (χ2v) is 4.96. The monoisotopic (exact) mass is 248 g/mol. The molecule has 0 aliphatic rings. The van der Waals surface area contributed by atoms with E-state index in [0.29, 0.717) is 0 Å². The highest BCUT2D eigenvalue weighted by molar-refractivity contribution is 7.09. The number of aryl methyl sites for hydroxylation is 1. The standard InChI is InChI=1S/C12H16N4S/c1-8-7-17-12(15-8)10(3)16-9(2)11-6-13-4-5-14-11/h4-7,9-10,16H,1-3H3. The summed E-state index contributed by atoms with van der Waals surface area (Å²) >= 11 is 1.69. The van der Waals surface area contributed by atoms with E-state index in [-0.39, 0.29) is 12.1 Å². The Bertz CT molecular complexity index is 468. The first-order chi connectivity index (χ1) is 8.16. The zero-order valence-electron chi connectivity index (χ0n) is 10.2. The van der Waals surface area contributed by atoms with Crippen LogP contribution in [0.4, 0.5) is 0 Å². The van der Waals surface area contributed by atoms with Gasteiger partial charge in [0.2, 0.25) is 0 Å². The third kappa shape index (κ3) is 3.08. The van der Waals surface area contributed by atoms with Gasteiger partial charge in [-0.15, -0.1) is 11.3 Å². The average molecular weight is 248 g/mol. The molecule has 0 aliphatic carbocycles. The number of aromatic nitrogens is 3. The molecule has 2 rings (SSSR count). The molecule has 2 atom stereocenters. The van der Waals surface area contributed by atoms with Gasteiger partial charge < -0.3 is 0 Å². The maximum atomic E-state index is 4.48. The molecule has 0 radical (unpaired) electrons. The van der Waals surface area contributed by atoms with Crippen molar-refractivity contribution in [1.82, 2.24) is 20.3 Å². The fraction of sp³-hybridized carbons (Fsp3) is 0.417. The summed E-state index contributed by atoms with van der Waals surface area (Å²) in [5.41, 5.74) is 2.03. The molecular formula is C12H16N4S. The van der Waals surface area contributed by atoms with Crippen molar-refractivity contribution in [2.45, 2.75) is 32.9 Å². The molecule has 2 aromatic rings. The third-order valence-corrected chi connectivity index (χ3v) is 3.68. The largest absolute Gasteiger partial charge is 0.300 e. The molecule has 4 nitrogen and oxygen atoms in total. The summed E-state index contributed by atoms with van der Waals surface area (Å²) in [5.74, 6) is 0. The molecule has 0 saturated carbocycles. The van der Waals surface area contributed by atoms with Crippen molar-refractivity contribution >= 4 is 11.3 Å². The van der Waals surface area contributed by atoms with Crippen LogP contribution in [0.15, 0.2) is 24.0 Å². The Morgan fingerprint density at radius 1 is 1.24 bits per heavy atom. The number of hydrogen-bond donors (Lipinski definition) is 1. The Morgan fingerprint density at radius 2 is 2.06 bits per heavy atom. The van der Waals surface area contributed by atoms with Gasteiger partial charge in [0, 0.05) is 35.7 Å². The molecule has 0 saturated heterocycles. The maximum absolute atomic E-state index is 4.48. The molecule has 0 aliphatic heterocycles. The summed E-state index contributed by atoms with van der Waals surface area (Å²) in [4.78, 5) is 12.8. The number of rotatable bonds is 4. The second-order valence-electron chi connectivity index (χ2n) is 4.07. The summed E-state index contributed by atoms with van der Waals surface area (Å²) in [6.45, 7) is 6.21. The minimum atomic E-state index is 0.169. The SMILES string of the molecule is Cc1csc(C(C)NC(C)c2cnccn2)n1. The minimum Gasteiger partial charge on any atom is -0.300 e. The molecule has 0 amide bonds. The van der Waals surface area contributed by atoms with Gasteiger partial charge in [-0.05, 0) is 20.8 Å².